The predicted octanol–water partition coefficient (Wildman–Crippen LogP) is 0.623. The maximum absolute atomic E-state index is 10.3. The molecule has 1 unspecified atom stereocenters. The summed E-state index contributed by atoms with van der Waals surface area (Å²) in [6.07, 6.45) is 0.745. The van der Waals surface area contributed by atoms with E-state index in [9.17, 15) is 9.90 Å². The smallest absolute Gasteiger partial charge is 0.150 e. The van der Waals surface area contributed by atoms with E-state index in [1.165, 1.54) is 6.92 Å². The van der Waals surface area contributed by atoms with Gasteiger partial charge in [-0.2, -0.15) is 0 Å². The van der Waals surface area contributed by atoms with Gasteiger partial charge in [0.1, 0.15) is 12.0 Å². The summed E-state index contributed by atoms with van der Waals surface area (Å²) >= 11 is 0. The fourth-order valence-electron chi connectivity index (χ4n) is 0.899. The summed E-state index contributed by atoms with van der Waals surface area (Å²) in [6, 6.07) is 6.49. The van der Waals surface area contributed by atoms with Gasteiger partial charge < -0.3 is 10.8 Å². The van der Waals surface area contributed by atoms with E-state index in [4.69, 9.17) is 5.73 Å². The molecule has 1 rings (SSSR count). The van der Waals surface area contributed by atoms with Crippen molar-refractivity contribution < 1.29 is 9.90 Å². The second kappa shape index (κ2) is 3.05. The monoisotopic (exact) mass is 165 g/mol. The minimum Gasteiger partial charge on any atom is -0.372 e. The van der Waals surface area contributed by atoms with Crippen LogP contribution in [0, 0.1) is 0 Å². The molecule has 3 N–H and O–H groups in total. The first kappa shape index (κ1) is 8.90. The molecule has 0 radical (unpaired) electrons. The first-order valence-electron chi connectivity index (χ1n) is 3.61. The SMILES string of the molecule is CC(N)(O)c1ccc(C=O)cc1. The number of benzene rings is 1. The maximum Gasteiger partial charge on any atom is 0.150 e. The van der Waals surface area contributed by atoms with Gasteiger partial charge in [-0.1, -0.05) is 24.3 Å². The molecule has 0 heterocycles. The second-order valence-corrected chi connectivity index (χ2v) is 2.89. The Hall–Kier alpha value is -1.19. The molecule has 0 aromatic heterocycles. The molecule has 3 heteroatoms. The van der Waals surface area contributed by atoms with Crippen molar-refractivity contribution >= 4 is 6.29 Å². The Morgan fingerprint density at radius 2 is 1.92 bits per heavy atom. The molecule has 0 aliphatic carbocycles. The molecule has 0 aliphatic heterocycles. The average molecular weight is 165 g/mol. The molecular weight excluding hydrogens is 154 g/mol. The van der Waals surface area contributed by atoms with Crippen molar-refractivity contribution in [3.63, 3.8) is 0 Å². The molecule has 1 aromatic carbocycles. The van der Waals surface area contributed by atoms with Crippen LogP contribution in [0.2, 0.25) is 0 Å². The molecule has 0 amide bonds. The van der Waals surface area contributed by atoms with E-state index >= 15 is 0 Å². The summed E-state index contributed by atoms with van der Waals surface area (Å²) in [4.78, 5) is 10.3. The Morgan fingerprint density at radius 3 is 2.25 bits per heavy atom. The molecule has 1 atom stereocenters. The van der Waals surface area contributed by atoms with Gasteiger partial charge in [0.15, 0.2) is 0 Å². The molecule has 3 nitrogen and oxygen atoms in total. The zero-order chi connectivity index (χ0) is 9.19. The number of aldehydes is 1. The fraction of sp³-hybridized carbons (Fsp3) is 0.222. The number of rotatable bonds is 2. The molecule has 0 fully saturated rings. The first-order valence-corrected chi connectivity index (χ1v) is 3.61. The van der Waals surface area contributed by atoms with Gasteiger partial charge in [-0.25, -0.2) is 0 Å². The number of hydrogen-bond acceptors (Lipinski definition) is 3. The highest BCUT2D eigenvalue weighted by molar-refractivity contribution is 5.74. The van der Waals surface area contributed by atoms with Gasteiger partial charge >= 0.3 is 0 Å². The van der Waals surface area contributed by atoms with Crippen LogP contribution in [0.15, 0.2) is 24.3 Å². The van der Waals surface area contributed by atoms with Gasteiger partial charge in [-0.3, -0.25) is 4.79 Å². The normalized spacial score (nSPS) is 15.2. The van der Waals surface area contributed by atoms with Crippen LogP contribution in [0.25, 0.3) is 0 Å². The average Bonchev–Trinajstić information content (AvgIpc) is 2.03. The van der Waals surface area contributed by atoms with Gasteiger partial charge in [0.2, 0.25) is 0 Å². The van der Waals surface area contributed by atoms with Gasteiger partial charge in [0, 0.05) is 5.56 Å². The third kappa shape index (κ3) is 1.90. The molecular formula is C9H11NO2. The van der Waals surface area contributed by atoms with Gasteiger partial charge in [-0.15, -0.1) is 0 Å². The van der Waals surface area contributed by atoms with Crippen molar-refractivity contribution in [2.75, 3.05) is 0 Å². The third-order valence-electron chi connectivity index (χ3n) is 1.63. The molecule has 12 heavy (non-hydrogen) atoms. The van der Waals surface area contributed by atoms with Gasteiger partial charge in [-0.05, 0) is 12.5 Å². The predicted molar refractivity (Wildman–Crippen MR) is 45.6 cm³/mol. The van der Waals surface area contributed by atoms with E-state index in [1.54, 1.807) is 24.3 Å². The molecule has 64 valence electrons. The van der Waals surface area contributed by atoms with E-state index in [0.717, 1.165) is 6.29 Å². The number of aliphatic hydroxyl groups is 1. The summed E-state index contributed by atoms with van der Waals surface area (Å²) in [6.45, 7) is 1.49. The highest BCUT2D eigenvalue weighted by atomic mass is 16.3. The molecule has 0 spiro atoms. The summed E-state index contributed by atoms with van der Waals surface area (Å²) < 4.78 is 0. The molecule has 0 saturated carbocycles. The molecule has 1 aromatic rings. The first-order chi connectivity index (χ1) is 5.54. The zero-order valence-corrected chi connectivity index (χ0v) is 6.82. The van der Waals surface area contributed by atoms with E-state index in [1.807, 2.05) is 0 Å². The Morgan fingerprint density at radius 1 is 1.42 bits per heavy atom. The molecule has 0 saturated heterocycles. The lowest BCUT2D eigenvalue weighted by Crippen LogP contribution is -2.32. The molecule has 0 bridgehead atoms. The lowest BCUT2D eigenvalue weighted by molar-refractivity contribution is 0.0647. The number of hydrogen-bond donors (Lipinski definition) is 2. The van der Waals surface area contributed by atoms with E-state index in [0.29, 0.717) is 11.1 Å². The number of carbonyl (C=O) groups excluding carboxylic acids is 1. The highest BCUT2D eigenvalue weighted by Gasteiger charge is 2.15. The topological polar surface area (TPSA) is 63.3 Å². The van der Waals surface area contributed by atoms with Crippen LogP contribution in [0.1, 0.15) is 22.8 Å². The largest absolute Gasteiger partial charge is 0.372 e. The van der Waals surface area contributed by atoms with Crippen LogP contribution < -0.4 is 5.73 Å². The van der Waals surface area contributed by atoms with Crippen LogP contribution in [-0.4, -0.2) is 11.4 Å². The van der Waals surface area contributed by atoms with E-state index < -0.39 is 5.72 Å². The number of nitrogens with two attached hydrogens (primary N) is 1. The van der Waals surface area contributed by atoms with Crippen molar-refractivity contribution in [2.45, 2.75) is 12.6 Å². The summed E-state index contributed by atoms with van der Waals surface area (Å²) in [7, 11) is 0. The second-order valence-electron chi connectivity index (χ2n) is 2.89. The lowest BCUT2D eigenvalue weighted by Gasteiger charge is -2.17. The van der Waals surface area contributed by atoms with E-state index in [2.05, 4.69) is 0 Å². The molecule has 0 aliphatic rings. The van der Waals surface area contributed by atoms with E-state index in [-0.39, 0.29) is 0 Å². The van der Waals surface area contributed by atoms with Crippen LogP contribution >= 0.6 is 0 Å². The zero-order valence-electron chi connectivity index (χ0n) is 6.82. The standard InChI is InChI=1S/C9H11NO2/c1-9(10,12)8-4-2-7(6-11)3-5-8/h2-6,12H,10H2,1H3. The summed E-state index contributed by atoms with van der Waals surface area (Å²) in [5, 5.41) is 9.34. The Kier molecular flexibility index (Phi) is 2.26. The Balaban J connectivity index is 3.00. The Labute approximate surface area is 70.8 Å². The third-order valence-corrected chi connectivity index (χ3v) is 1.63. The van der Waals surface area contributed by atoms with Crippen LogP contribution in [0.5, 0.6) is 0 Å². The number of carbonyl (C=O) groups is 1. The van der Waals surface area contributed by atoms with Crippen molar-refractivity contribution in [1.82, 2.24) is 0 Å². The Bertz CT molecular complexity index is 272. The quantitative estimate of drug-likeness (QED) is 0.499. The minimum atomic E-state index is -1.33. The maximum atomic E-state index is 10.3. The fourth-order valence-corrected chi connectivity index (χ4v) is 0.899. The van der Waals surface area contributed by atoms with Crippen molar-refractivity contribution in [3.8, 4) is 0 Å². The van der Waals surface area contributed by atoms with Crippen molar-refractivity contribution in [1.29, 1.82) is 0 Å². The van der Waals surface area contributed by atoms with Crippen LogP contribution in [0.3, 0.4) is 0 Å². The highest BCUT2D eigenvalue weighted by Crippen LogP contribution is 2.13. The minimum absolute atomic E-state index is 0.572. The van der Waals surface area contributed by atoms with Gasteiger partial charge in [0.25, 0.3) is 0 Å². The summed E-state index contributed by atoms with van der Waals surface area (Å²) in [5.74, 6) is 0. The van der Waals surface area contributed by atoms with Crippen LogP contribution in [0.4, 0.5) is 0 Å². The van der Waals surface area contributed by atoms with Gasteiger partial charge in [0.05, 0.1) is 0 Å². The van der Waals surface area contributed by atoms with Crippen molar-refractivity contribution in [3.05, 3.63) is 35.4 Å². The summed E-state index contributed by atoms with van der Waals surface area (Å²) in [5.41, 5.74) is 5.25. The lowest BCUT2D eigenvalue weighted by atomic mass is 10.0. The van der Waals surface area contributed by atoms with Crippen LogP contribution in [-0.2, 0) is 5.72 Å². The van der Waals surface area contributed by atoms with Crippen molar-refractivity contribution in [2.24, 2.45) is 5.73 Å².